The van der Waals surface area contributed by atoms with Crippen LogP contribution in [0.4, 0.5) is 10.1 Å². The van der Waals surface area contributed by atoms with Gasteiger partial charge in [0.1, 0.15) is 24.2 Å². The van der Waals surface area contributed by atoms with Crippen molar-refractivity contribution in [1.82, 2.24) is 4.90 Å². The summed E-state index contributed by atoms with van der Waals surface area (Å²) in [6, 6.07) is 16.0. The molecule has 1 saturated heterocycles. The van der Waals surface area contributed by atoms with E-state index in [-0.39, 0.29) is 5.56 Å². The molecule has 8 heteroatoms. The third kappa shape index (κ3) is 5.47. The molecule has 2 heterocycles. The van der Waals surface area contributed by atoms with Crippen molar-refractivity contribution in [2.24, 2.45) is 5.92 Å². The molecule has 0 aromatic heterocycles. The zero-order valence-electron chi connectivity index (χ0n) is 22.2. The van der Waals surface area contributed by atoms with Crippen LogP contribution in [0.25, 0.3) is 11.1 Å². The SMILES string of the molecule is CC1=C(c2ccc(Cl)cc2NC=O)C(c2ccc(OC[C@H](C)N3CC[C@@H](C)C3)cc2)Oc2ccc(O)c(F)c21. The van der Waals surface area contributed by atoms with E-state index in [2.05, 4.69) is 24.1 Å². The third-order valence-electron chi connectivity index (χ3n) is 7.61. The summed E-state index contributed by atoms with van der Waals surface area (Å²) < 4.78 is 27.6. The van der Waals surface area contributed by atoms with Gasteiger partial charge >= 0.3 is 0 Å². The summed E-state index contributed by atoms with van der Waals surface area (Å²) in [4.78, 5) is 13.8. The molecule has 1 amide bonds. The number of carbonyl (C=O) groups excluding carboxylic acids is 1. The number of aromatic hydroxyl groups is 1. The number of halogens is 2. The quantitative estimate of drug-likeness (QED) is 0.298. The van der Waals surface area contributed by atoms with Crippen molar-refractivity contribution in [3.05, 3.63) is 82.1 Å². The summed E-state index contributed by atoms with van der Waals surface area (Å²) in [7, 11) is 0. The zero-order valence-corrected chi connectivity index (χ0v) is 23.0. The predicted octanol–water partition coefficient (Wildman–Crippen LogP) is 6.93. The Morgan fingerprint density at radius 3 is 2.69 bits per heavy atom. The van der Waals surface area contributed by atoms with E-state index in [9.17, 15) is 9.90 Å². The Labute approximate surface area is 233 Å². The van der Waals surface area contributed by atoms with Crippen molar-refractivity contribution in [2.75, 3.05) is 25.0 Å². The molecule has 0 spiro atoms. The van der Waals surface area contributed by atoms with Crippen molar-refractivity contribution >= 4 is 34.8 Å². The standard InChI is InChI=1S/C31H32ClFN2O4/c1-18-12-13-35(15-18)19(2)16-38-23-7-4-21(5-8-23)31-28(24-9-6-22(32)14-25(24)34-17-36)20(3)29-27(39-31)11-10-26(37)30(29)33/h4-11,14,17-19,31,37H,12-13,15-16H2,1-3H3,(H,34,36)/t18-,19+,31?/m1/s1. The molecule has 2 aliphatic heterocycles. The first kappa shape index (κ1) is 27.0. The number of phenolic OH excluding ortho intramolecular Hbond substituents is 1. The molecular formula is C31H32ClFN2O4. The molecule has 1 fully saturated rings. The van der Waals surface area contributed by atoms with Crippen LogP contribution in [0.2, 0.25) is 5.02 Å². The lowest BCUT2D eigenvalue weighted by molar-refractivity contribution is -0.105. The molecule has 2 N–H and O–H groups in total. The van der Waals surface area contributed by atoms with Crippen LogP contribution in [0.3, 0.4) is 0 Å². The van der Waals surface area contributed by atoms with Crippen molar-refractivity contribution in [3.8, 4) is 17.2 Å². The van der Waals surface area contributed by atoms with E-state index in [4.69, 9.17) is 21.1 Å². The maximum absolute atomic E-state index is 15.1. The minimum absolute atomic E-state index is 0.179. The van der Waals surface area contributed by atoms with E-state index >= 15 is 4.39 Å². The van der Waals surface area contributed by atoms with Gasteiger partial charge in [0.15, 0.2) is 11.6 Å². The van der Waals surface area contributed by atoms with Gasteiger partial charge in [0, 0.05) is 34.4 Å². The van der Waals surface area contributed by atoms with Gasteiger partial charge in [-0.15, -0.1) is 0 Å². The summed E-state index contributed by atoms with van der Waals surface area (Å²) in [6.45, 7) is 9.04. The molecule has 0 aliphatic carbocycles. The van der Waals surface area contributed by atoms with Crippen LogP contribution in [0.15, 0.2) is 54.6 Å². The smallest absolute Gasteiger partial charge is 0.211 e. The number of hydrogen-bond donors (Lipinski definition) is 2. The summed E-state index contributed by atoms with van der Waals surface area (Å²) in [5.74, 6) is 0.575. The van der Waals surface area contributed by atoms with Crippen LogP contribution in [0.1, 0.15) is 50.0 Å². The number of benzene rings is 3. The van der Waals surface area contributed by atoms with E-state index < -0.39 is 17.7 Å². The fraction of sp³-hybridized carbons (Fsp3) is 0.323. The number of anilines is 1. The number of amides is 1. The lowest BCUT2D eigenvalue weighted by Crippen LogP contribution is -2.35. The van der Waals surface area contributed by atoms with E-state index in [0.717, 1.165) is 30.3 Å². The van der Waals surface area contributed by atoms with Gasteiger partial charge in [-0.2, -0.15) is 0 Å². The van der Waals surface area contributed by atoms with Crippen LogP contribution < -0.4 is 14.8 Å². The number of fused-ring (bicyclic) bond motifs is 1. The summed E-state index contributed by atoms with van der Waals surface area (Å²) in [5.41, 5.74) is 3.34. The molecular weight excluding hydrogens is 519 g/mol. The summed E-state index contributed by atoms with van der Waals surface area (Å²) in [6.07, 6.45) is 1.17. The molecule has 1 unspecified atom stereocenters. The molecule has 0 radical (unpaired) electrons. The van der Waals surface area contributed by atoms with Gasteiger partial charge < -0.3 is 19.9 Å². The van der Waals surface area contributed by atoms with Gasteiger partial charge in [-0.3, -0.25) is 9.69 Å². The molecule has 204 valence electrons. The van der Waals surface area contributed by atoms with Gasteiger partial charge in [-0.05, 0) is 80.3 Å². The average Bonchev–Trinajstić information content (AvgIpc) is 3.36. The first-order valence-corrected chi connectivity index (χ1v) is 13.5. The Morgan fingerprint density at radius 2 is 2.00 bits per heavy atom. The van der Waals surface area contributed by atoms with Crippen molar-refractivity contribution in [2.45, 2.75) is 39.3 Å². The van der Waals surface area contributed by atoms with Crippen LogP contribution in [-0.2, 0) is 4.79 Å². The normalized spacial score (nSPS) is 19.8. The molecule has 6 nitrogen and oxygen atoms in total. The number of ether oxygens (including phenoxy) is 2. The molecule has 0 bridgehead atoms. The molecule has 2 aliphatic rings. The lowest BCUT2D eigenvalue weighted by Gasteiger charge is -2.32. The average molecular weight is 551 g/mol. The van der Waals surface area contributed by atoms with Crippen LogP contribution in [0, 0.1) is 11.7 Å². The number of phenols is 1. The minimum Gasteiger partial charge on any atom is -0.505 e. The Bertz CT molecular complexity index is 1410. The topological polar surface area (TPSA) is 71.0 Å². The first-order chi connectivity index (χ1) is 18.8. The molecule has 0 saturated carbocycles. The molecule has 3 aromatic rings. The number of likely N-dealkylation sites (tertiary alicyclic amines) is 1. The van der Waals surface area contributed by atoms with E-state index in [0.29, 0.717) is 52.2 Å². The highest BCUT2D eigenvalue weighted by Gasteiger charge is 2.33. The Hall–Kier alpha value is -3.55. The molecule has 39 heavy (non-hydrogen) atoms. The minimum atomic E-state index is -0.759. The number of carbonyl (C=O) groups is 1. The number of hydrogen-bond acceptors (Lipinski definition) is 5. The molecule has 5 rings (SSSR count). The first-order valence-electron chi connectivity index (χ1n) is 13.1. The van der Waals surface area contributed by atoms with Crippen LogP contribution >= 0.6 is 11.6 Å². The predicted molar refractivity (Wildman–Crippen MR) is 152 cm³/mol. The second kappa shape index (κ2) is 11.3. The monoisotopic (exact) mass is 550 g/mol. The van der Waals surface area contributed by atoms with Crippen molar-refractivity contribution < 1.29 is 23.8 Å². The maximum atomic E-state index is 15.1. The fourth-order valence-corrected chi connectivity index (χ4v) is 5.63. The fourth-order valence-electron chi connectivity index (χ4n) is 5.45. The second-order valence-corrected chi connectivity index (χ2v) is 10.8. The van der Waals surface area contributed by atoms with E-state index in [1.165, 1.54) is 12.5 Å². The zero-order chi connectivity index (χ0) is 27.7. The maximum Gasteiger partial charge on any atom is 0.211 e. The number of nitrogens with one attached hydrogen (secondary N) is 1. The highest BCUT2D eigenvalue weighted by atomic mass is 35.5. The van der Waals surface area contributed by atoms with Crippen LogP contribution in [0.5, 0.6) is 17.2 Å². The van der Waals surface area contributed by atoms with Gasteiger partial charge in [0.05, 0.1) is 5.56 Å². The molecule has 3 aromatic carbocycles. The van der Waals surface area contributed by atoms with Gasteiger partial charge in [-0.25, -0.2) is 4.39 Å². The van der Waals surface area contributed by atoms with E-state index in [1.54, 1.807) is 31.2 Å². The van der Waals surface area contributed by atoms with E-state index in [1.807, 2.05) is 24.3 Å². The Kier molecular flexibility index (Phi) is 7.82. The summed E-state index contributed by atoms with van der Waals surface area (Å²) in [5, 5.41) is 13.2. The van der Waals surface area contributed by atoms with Gasteiger partial charge in [0.25, 0.3) is 0 Å². The number of rotatable bonds is 8. The highest BCUT2D eigenvalue weighted by molar-refractivity contribution is 6.31. The molecule has 3 atom stereocenters. The van der Waals surface area contributed by atoms with Gasteiger partial charge in [0.2, 0.25) is 6.41 Å². The van der Waals surface area contributed by atoms with Crippen molar-refractivity contribution in [1.29, 1.82) is 0 Å². The Morgan fingerprint density at radius 1 is 1.23 bits per heavy atom. The third-order valence-corrected chi connectivity index (χ3v) is 7.84. The highest BCUT2D eigenvalue weighted by Crippen LogP contribution is 2.50. The van der Waals surface area contributed by atoms with Gasteiger partial charge in [-0.1, -0.05) is 36.7 Å². The number of allylic oxidation sites excluding steroid dienone is 1. The van der Waals surface area contributed by atoms with Crippen LogP contribution in [-0.4, -0.2) is 42.2 Å². The summed E-state index contributed by atoms with van der Waals surface area (Å²) >= 11 is 6.21. The lowest BCUT2D eigenvalue weighted by atomic mass is 9.85. The second-order valence-electron chi connectivity index (χ2n) is 10.4. The number of nitrogens with zero attached hydrogens (tertiary/aromatic N) is 1. The van der Waals surface area contributed by atoms with Crippen molar-refractivity contribution in [3.63, 3.8) is 0 Å². The largest absolute Gasteiger partial charge is 0.505 e. The Balaban J connectivity index is 1.49.